The second-order valence-electron chi connectivity index (χ2n) is 6.14. The first-order chi connectivity index (χ1) is 11.7. The van der Waals surface area contributed by atoms with E-state index in [1.54, 1.807) is 0 Å². The molecule has 0 saturated carbocycles. The van der Waals surface area contributed by atoms with Gasteiger partial charge in [0.05, 0.1) is 6.61 Å². The van der Waals surface area contributed by atoms with Crippen LogP contribution in [0.4, 0.5) is 0 Å². The number of nitrogens with zero attached hydrogens (tertiary/aromatic N) is 2. The Morgan fingerprint density at radius 1 is 1.32 bits per heavy atom. The van der Waals surface area contributed by atoms with Crippen molar-refractivity contribution in [2.24, 2.45) is 17.4 Å². The Morgan fingerprint density at radius 2 is 2.00 bits per heavy atom. The molecule has 1 amide bonds. The largest absolute Gasteiger partial charge is 1.00 e. The van der Waals surface area contributed by atoms with Crippen LogP contribution in [-0.4, -0.2) is 47.5 Å². The summed E-state index contributed by atoms with van der Waals surface area (Å²) in [6.07, 6.45) is 4.02. The van der Waals surface area contributed by atoms with Gasteiger partial charge in [-0.2, -0.15) is 0 Å². The molecule has 1 aliphatic rings. The number of rotatable bonds is 9. The molecule has 0 radical (unpaired) electrons. The Labute approximate surface area is 153 Å². The number of carbonyl (C=O) groups excluding carboxylic acids is 1. The number of carbonyl (C=O) groups is 1. The van der Waals surface area contributed by atoms with E-state index in [0.717, 1.165) is 38.8 Å². The van der Waals surface area contributed by atoms with Gasteiger partial charge in [0.25, 0.3) is 0 Å². The summed E-state index contributed by atoms with van der Waals surface area (Å²) in [7, 11) is 0. The number of halogens is 1. The van der Waals surface area contributed by atoms with Crippen LogP contribution in [0.2, 0.25) is 0 Å². The lowest BCUT2D eigenvalue weighted by molar-refractivity contribution is -0.126. The fourth-order valence-electron chi connectivity index (χ4n) is 2.74. The van der Waals surface area contributed by atoms with Gasteiger partial charge in [-0.15, -0.1) is 10.2 Å². The van der Waals surface area contributed by atoms with Gasteiger partial charge in [-0.05, 0) is 51.7 Å². The number of piperidine rings is 1. The number of unbranched alkanes of at least 4 members (excludes halogenated alkanes) is 1. The second kappa shape index (κ2) is 11.4. The molecule has 2 unspecified atom stereocenters. The Balaban J connectivity index is 0.00000312. The van der Waals surface area contributed by atoms with E-state index in [1.807, 2.05) is 0 Å². The van der Waals surface area contributed by atoms with Gasteiger partial charge in [0.2, 0.25) is 17.7 Å². The maximum atomic E-state index is 12.5. The average molecular weight is 376 g/mol. The van der Waals surface area contributed by atoms with E-state index in [1.165, 1.54) is 0 Å². The molecule has 1 aromatic rings. The molecule has 9 nitrogen and oxygen atoms in total. The van der Waals surface area contributed by atoms with Gasteiger partial charge in [0.15, 0.2) is 0 Å². The fourth-order valence-corrected chi connectivity index (χ4v) is 2.74. The van der Waals surface area contributed by atoms with Crippen LogP contribution >= 0.6 is 0 Å². The van der Waals surface area contributed by atoms with Crippen molar-refractivity contribution in [3.05, 3.63) is 11.8 Å². The summed E-state index contributed by atoms with van der Waals surface area (Å²) in [6, 6.07) is -1.07. The molecule has 10 heteroatoms. The monoisotopic (exact) mass is 375 g/mol. The molecule has 0 aromatic carbocycles. The smallest absolute Gasteiger partial charge is 0.238 e. The molecule has 2 atom stereocenters. The normalized spacial score (nSPS) is 17.6. The van der Waals surface area contributed by atoms with Gasteiger partial charge < -0.3 is 44.0 Å². The van der Waals surface area contributed by atoms with Gasteiger partial charge in [-0.3, -0.25) is 4.79 Å². The molecule has 1 fully saturated rings. The number of aromatic nitrogens is 2. The highest BCUT2D eigenvalue weighted by molar-refractivity contribution is 5.79. The molecule has 2 heterocycles. The predicted octanol–water partition coefficient (Wildman–Crippen LogP) is -3.65. The van der Waals surface area contributed by atoms with Gasteiger partial charge in [0.1, 0.15) is 12.1 Å². The molecular weight excluding hydrogens is 348 g/mol. The van der Waals surface area contributed by atoms with Crippen molar-refractivity contribution in [2.45, 2.75) is 44.2 Å². The zero-order valence-electron chi connectivity index (χ0n) is 14.3. The minimum atomic E-state index is -0.712. The standard InChI is InChI=1S/C15H28N6O3.ClH/c16-6-2-1-3-12(15-21-20-14(24-15)11(17)9-22)19-13(23)10-4-7-18-8-5-10;/h10-12,18,22H,1-9,16-17H2,(H,19,23);1H/p-1. The molecule has 144 valence electrons. The Morgan fingerprint density at radius 3 is 2.64 bits per heavy atom. The third-order valence-electron chi connectivity index (χ3n) is 4.24. The lowest BCUT2D eigenvalue weighted by atomic mass is 9.96. The fraction of sp³-hybridized carbons (Fsp3) is 0.800. The first kappa shape index (κ1) is 21.8. The Kier molecular flexibility index (Phi) is 9.91. The maximum Gasteiger partial charge on any atom is 0.238 e. The predicted molar refractivity (Wildman–Crippen MR) is 87.7 cm³/mol. The summed E-state index contributed by atoms with van der Waals surface area (Å²) >= 11 is 0. The number of hydrogen-bond acceptors (Lipinski definition) is 8. The number of aliphatic hydroxyl groups excluding tert-OH is 1. The highest BCUT2D eigenvalue weighted by Crippen LogP contribution is 2.22. The minimum absolute atomic E-state index is 0. The van der Waals surface area contributed by atoms with Gasteiger partial charge in [-0.1, -0.05) is 0 Å². The van der Waals surface area contributed by atoms with Crippen LogP contribution in [-0.2, 0) is 4.79 Å². The molecule has 0 aliphatic carbocycles. The van der Waals surface area contributed by atoms with Crippen LogP contribution in [0.5, 0.6) is 0 Å². The molecular formula is C15H28ClN6O3-. The summed E-state index contributed by atoms with van der Waals surface area (Å²) in [6.45, 7) is 2.03. The van der Waals surface area contributed by atoms with E-state index < -0.39 is 6.04 Å². The summed E-state index contributed by atoms with van der Waals surface area (Å²) in [5.41, 5.74) is 11.2. The molecule has 1 aromatic heterocycles. The van der Waals surface area contributed by atoms with Crippen molar-refractivity contribution >= 4 is 5.91 Å². The Bertz CT molecular complexity index is 509. The molecule has 25 heavy (non-hydrogen) atoms. The molecule has 1 saturated heterocycles. The van der Waals surface area contributed by atoms with Crippen LogP contribution in [0.1, 0.15) is 56.0 Å². The number of nitrogens with one attached hydrogen (secondary N) is 2. The van der Waals surface area contributed by atoms with E-state index in [9.17, 15) is 4.79 Å². The van der Waals surface area contributed by atoms with E-state index in [-0.39, 0.29) is 42.8 Å². The molecule has 0 bridgehead atoms. The number of aliphatic hydroxyl groups is 1. The zero-order valence-corrected chi connectivity index (χ0v) is 15.0. The van der Waals surface area contributed by atoms with Crippen molar-refractivity contribution in [1.82, 2.24) is 20.8 Å². The van der Waals surface area contributed by atoms with E-state index in [2.05, 4.69) is 20.8 Å². The van der Waals surface area contributed by atoms with Gasteiger partial charge in [0, 0.05) is 5.92 Å². The highest BCUT2D eigenvalue weighted by atomic mass is 35.5. The van der Waals surface area contributed by atoms with Gasteiger partial charge in [-0.25, -0.2) is 0 Å². The van der Waals surface area contributed by atoms with Gasteiger partial charge >= 0.3 is 0 Å². The van der Waals surface area contributed by atoms with Crippen LogP contribution < -0.4 is 34.5 Å². The Hall–Kier alpha value is -1.26. The van der Waals surface area contributed by atoms with Crippen LogP contribution in [0.3, 0.4) is 0 Å². The maximum absolute atomic E-state index is 12.5. The summed E-state index contributed by atoms with van der Waals surface area (Å²) in [5.74, 6) is 0.520. The number of nitrogens with two attached hydrogens (primary N) is 2. The minimum Gasteiger partial charge on any atom is -1.00 e. The van der Waals surface area contributed by atoms with Crippen molar-refractivity contribution in [3.63, 3.8) is 0 Å². The van der Waals surface area contributed by atoms with E-state index in [4.69, 9.17) is 21.0 Å². The van der Waals surface area contributed by atoms with Crippen molar-refractivity contribution in [2.75, 3.05) is 26.2 Å². The van der Waals surface area contributed by atoms with Crippen molar-refractivity contribution in [1.29, 1.82) is 0 Å². The average Bonchev–Trinajstić information content (AvgIpc) is 3.11. The zero-order chi connectivity index (χ0) is 17.4. The first-order valence-corrected chi connectivity index (χ1v) is 8.56. The third kappa shape index (κ3) is 6.52. The summed E-state index contributed by atoms with van der Waals surface area (Å²) in [5, 5.41) is 23.2. The molecule has 7 N–H and O–H groups in total. The molecule has 2 rings (SSSR count). The molecule has 1 aliphatic heterocycles. The van der Waals surface area contributed by atoms with Crippen LogP contribution in [0.25, 0.3) is 0 Å². The SMILES string of the molecule is NCCCCC(NC(=O)C1CCNCC1)c1nnc(C(N)CO)o1.[Cl-]. The summed E-state index contributed by atoms with van der Waals surface area (Å²) < 4.78 is 5.55. The van der Waals surface area contributed by atoms with E-state index >= 15 is 0 Å². The third-order valence-corrected chi connectivity index (χ3v) is 4.24. The lowest BCUT2D eigenvalue weighted by Gasteiger charge is -2.24. The summed E-state index contributed by atoms with van der Waals surface area (Å²) in [4.78, 5) is 12.5. The lowest BCUT2D eigenvalue weighted by Crippen LogP contribution is -3.00. The quantitative estimate of drug-likeness (QED) is 0.277. The van der Waals surface area contributed by atoms with Crippen LogP contribution in [0, 0.1) is 5.92 Å². The number of hydrogen-bond donors (Lipinski definition) is 5. The van der Waals surface area contributed by atoms with Crippen molar-refractivity contribution in [3.8, 4) is 0 Å². The highest BCUT2D eigenvalue weighted by Gasteiger charge is 2.27. The number of amides is 1. The second-order valence-corrected chi connectivity index (χ2v) is 6.14. The first-order valence-electron chi connectivity index (χ1n) is 8.56. The van der Waals surface area contributed by atoms with E-state index in [0.29, 0.717) is 18.9 Å². The molecule has 0 spiro atoms. The van der Waals surface area contributed by atoms with Crippen molar-refractivity contribution < 1.29 is 26.7 Å². The topological polar surface area (TPSA) is 152 Å². The van der Waals surface area contributed by atoms with Crippen LogP contribution in [0.15, 0.2) is 4.42 Å².